The van der Waals surface area contributed by atoms with E-state index in [1.165, 1.54) is 29.2 Å². The maximum absolute atomic E-state index is 12.9. The van der Waals surface area contributed by atoms with Gasteiger partial charge in [-0.1, -0.05) is 11.6 Å². The fourth-order valence-electron chi connectivity index (χ4n) is 2.67. The number of hydrogen-bond donors (Lipinski definition) is 0. The number of likely N-dealkylation sites (N-methyl/N-ethyl adjacent to an activating group) is 1. The van der Waals surface area contributed by atoms with Gasteiger partial charge in [0.15, 0.2) is 5.82 Å². The monoisotopic (exact) mass is 402 g/mol. The molecule has 1 aromatic carbocycles. The molecule has 0 N–H and O–H groups in total. The summed E-state index contributed by atoms with van der Waals surface area (Å²) in [7, 11) is 1.64. The molecule has 0 atom stereocenters. The van der Waals surface area contributed by atoms with Crippen LogP contribution in [0.15, 0.2) is 42.5 Å². The van der Waals surface area contributed by atoms with Crippen LogP contribution in [0, 0.1) is 19.7 Å². The zero-order chi connectivity index (χ0) is 20.3. The SMILES string of the molecule is Cc1cc(C)n(-c2ccc(Cl)c(C(=O)N(C)CCOc3ccc(F)cc3)n2)n1. The molecule has 0 saturated heterocycles. The molecule has 0 spiro atoms. The highest BCUT2D eigenvalue weighted by Crippen LogP contribution is 2.19. The van der Waals surface area contributed by atoms with E-state index in [-0.39, 0.29) is 29.0 Å². The van der Waals surface area contributed by atoms with E-state index < -0.39 is 0 Å². The van der Waals surface area contributed by atoms with Gasteiger partial charge in [0.1, 0.15) is 23.9 Å². The molecule has 6 nitrogen and oxygen atoms in total. The Hall–Kier alpha value is -2.93. The quantitative estimate of drug-likeness (QED) is 0.628. The molecule has 0 unspecified atom stereocenters. The number of amides is 1. The number of nitrogens with zero attached hydrogens (tertiary/aromatic N) is 4. The topological polar surface area (TPSA) is 60.2 Å². The van der Waals surface area contributed by atoms with E-state index in [9.17, 15) is 9.18 Å². The molecule has 28 heavy (non-hydrogen) atoms. The normalized spacial score (nSPS) is 10.8. The Balaban J connectivity index is 1.69. The molecular weight excluding hydrogens is 383 g/mol. The van der Waals surface area contributed by atoms with Gasteiger partial charge >= 0.3 is 0 Å². The van der Waals surface area contributed by atoms with Crippen LogP contribution in [0.3, 0.4) is 0 Å². The van der Waals surface area contributed by atoms with Crippen LogP contribution >= 0.6 is 11.6 Å². The summed E-state index contributed by atoms with van der Waals surface area (Å²) >= 11 is 6.21. The molecule has 146 valence electrons. The number of aryl methyl sites for hydroxylation is 2. The number of halogens is 2. The maximum atomic E-state index is 12.9. The van der Waals surface area contributed by atoms with Crippen molar-refractivity contribution in [3.05, 3.63) is 70.4 Å². The summed E-state index contributed by atoms with van der Waals surface area (Å²) in [5.74, 6) is 0.401. The first-order valence-electron chi connectivity index (χ1n) is 8.69. The van der Waals surface area contributed by atoms with E-state index in [2.05, 4.69) is 10.1 Å². The minimum atomic E-state index is -0.331. The molecule has 0 aliphatic heterocycles. The van der Waals surface area contributed by atoms with E-state index in [4.69, 9.17) is 16.3 Å². The van der Waals surface area contributed by atoms with Crippen LogP contribution in [0.5, 0.6) is 5.75 Å². The Morgan fingerprint density at radius 3 is 2.57 bits per heavy atom. The first-order chi connectivity index (χ1) is 13.3. The number of hydrogen-bond acceptors (Lipinski definition) is 4. The molecule has 0 saturated carbocycles. The fourth-order valence-corrected chi connectivity index (χ4v) is 2.86. The second-order valence-electron chi connectivity index (χ2n) is 6.37. The van der Waals surface area contributed by atoms with Crippen molar-refractivity contribution in [1.29, 1.82) is 0 Å². The Morgan fingerprint density at radius 1 is 1.21 bits per heavy atom. The first kappa shape index (κ1) is 19.8. The lowest BCUT2D eigenvalue weighted by Crippen LogP contribution is -2.32. The first-order valence-corrected chi connectivity index (χ1v) is 9.07. The van der Waals surface area contributed by atoms with Crippen LogP contribution in [-0.4, -0.2) is 45.8 Å². The predicted molar refractivity (Wildman–Crippen MR) is 105 cm³/mol. The third-order valence-corrected chi connectivity index (χ3v) is 4.42. The van der Waals surface area contributed by atoms with Crippen molar-refractivity contribution in [2.75, 3.05) is 20.2 Å². The Bertz CT molecular complexity index is 988. The van der Waals surface area contributed by atoms with Crippen LogP contribution in [0.4, 0.5) is 4.39 Å². The van der Waals surface area contributed by atoms with E-state index in [0.29, 0.717) is 18.1 Å². The molecule has 3 rings (SSSR count). The smallest absolute Gasteiger partial charge is 0.273 e. The molecule has 2 aromatic heterocycles. The van der Waals surface area contributed by atoms with Crippen molar-refractivity contribution >= 4 is 17.5 Å². The zero-order valence-electron chi connectivity index (χ0n) is 15.8. The third kappa shape index (κ3) is 4.48. The van der Waals surface area contributed by atoms with Crippen molar-refractivity contribution in [1.82, 2.24) is 19.7 Å². The van der Waals surface area contributed by atoms with Crippen LogP contribution in [0.1, 0.15) is 21.9 Å². The zero-order valence-corrected chi connectivity index (χ0v) is 16.6. The van der Waals surface area contributed by atoms with Crippen LogP contribution in [-0.2, 0) is 0 Å². The molecular formula is C20H20ClFN4O2. The molecule has 0 radical (unpaired) electrons. The van der Waals surface area contributed by atoms with Gasteiger partial charge < -0.3 is 9.64 Å². The molecule has 1 amide bonds. The third-order valence-electron chi connectivity index (χ3n) is 4.12. The minimum absolute atomic E-state index is 0.149. The van der Waals surface area contributed by atoms with Crippen molar-refractivity contribution in [3.8, 4) is 11.6 Å². The summed E-state index contributed by atoms with van der Waals surface area (Å²) in [6.07, 6.45) is 0. The number of benzene rings is 1. The highest BCUT2D eigenvalue weighted by Gasteiger charge is 2.19. The Kier molecular flexibility index (Phi) is 5.94. The van der Waals surface area contributed by atoms with E-state index >= 15 is 0 Å². The molecule has 0 bridgehead atoms. The molecule has 3 aromatic rings. The van der Waals surface area contributed by atoms with Crippen molar-refractivity contribution in [3.63, 3.8) is 0 Å². The number of pyridine rings is 1. The largest absolute Gasteiger partial charge is 0.492 e. The van der Waals surface area contributed by atoms with Gasteiger partial charge in [0.25, 0.3) is 5.91 Å². The number of carbonyl (C=O) groups is 1. The number of ether oxygens (including phenoxy) is 1. The second-order valence-corrected chi connectivity index (χ2v) is 6.78. The number of rotatable bonds is 6. The molecule has 2 heterocycles. The molecule has 8 heteroatoms. The molecule has 0 aliphatic rings. The average Bonchev–Trinajstić information content (AvgIpc) is 3.01. The Morgan fingerprint density at radius 2 is 1.93 bits per heavy atom. The van der Waals surface area contributed by atoms with Gasteiger partial charge in [0.05, 0.1) is 17.3 Å². The average molecular weight is 403 g/mol. The highest BCUT2D eigenvalue weighted by atomic mass is 35.5. The summed E-state index contributed by atoms with van der Waals surface area (Å²) in [5, 5.41) is 4.65. The van der Waals surface area contributed by atoms with E-state index in [0.717, 1.165) is 11.4 Å². The van der Waals surface area contributed by atoms with Gasteiger partial charge in [-0.05, 0) is 56.3 Å². The fraction of sp³-hybridized carbons (Fsp3) is 0.250. The lowest BCUT2D eigenvalue weighted by molar-refractivity contribution is 0.0768. The van der Waals surface area contributed by atoms with Gasteiger partial charge in [-0.15, -0.1) is 0 Å². The van der Waals surface area contributed by atoms with Crippen molar-refractivity contribution in [2.24, 2.45) is 0 Å². The second kappa shape index (κ2) is 8.39. The summed E-state index contributed by atoms with van der Waals surface area (Å²) in [6, 6.07) is 11.0. The number of carbonyl (C=O) groups excluding carboxylic acids is 1. The summed E-state index contributed by atoms with van der Waals surface area (Å²) in [6.45, 7) is 4.37. The van der Waals surface area contributed by atoms with E-state index in [1.54, 1.807) is 23.9 Å². The molecule has 0 fully saturated rings. The summed E-state index contributed by atoms with van der Waals surface area (Å²) in [4.78, 5) is 18.7. The van der Waals surface area contributed by atoms with Crippen molar-refractivity contribution in [2.45, 2.75) is 13.8 Å². The predicted octanol–water partition coefficient (Wildman–Crippen LogP) is 3.83. The van der Waals surface area contributed by atoms with Crippen molar-refractivity contribution < 1.29 is 13.9 Å². The van der Waals surface area contributed by atoms with Crippen LogP contribution in [0.25, 0.3) is 5.82 Å². The molecule has 0 aliphatic carbocycles. The maximum Gasteiger partial charge on any atom is 0.273 e. The standard InChI is InChI=1S/C20H20ClFN4O2/c1-13-12-14(2)26(24-13)18-9-8-17(21)19(23-18)20(27)25(3)10-11-28-16-6-4-15(22)5-7-16/h4-9,12H,10-11H2,1-3H3. The van der Waals surface area contributed by atoms with Crippen LogP contribution in [0.2, 0.25) is 5.02 Å². The van der Waals surface area contributed by atoms with Gasteiger partial charge in [0.2, 0.25) is 0 Å². The van der Waals surface area contributed by atoms with Gasteiger partial charge in [-0.3, -0.25) is 4.79 Å². The summed E-state index contributed by atoms with van der Waals surface area (Å²) in [5.41, 5.74) is 1.92. The summed E-state index contributed by atoms with van der Waals surface area (Å²) < 4.78 is 20.1. The van der Waals surface area contributed by atoms with Gasteiger partial charge in [-0.25, -0.2) is 14.1 Å². The van der Waals surface area contributed by atoms with Crippen LogP contribution < -0.4 is 4.74 Å². The van der Waals surface area contributed by atoms with Gasteiger partial charge in [0, 0.05) is 12.7 Å². The highest BCUT2D eigenvalue weighted by molar-refractivity contribution is 6.33. The van der Waals surface area contributed by atoms with Gasteiger partial charge in [-0.2, -0.15) is 5.10 Å². The number of aromatic nitrogens is 3. The lowest BCUT2D eigenvalue weighted by Gasteiger charge is -2.18. The Labute approximate surface area is 167 Å². The minimum Gasteiger partial charge on any atom is -0.492 e. The van der Waals surface area contributed by atoms with E-state index in [1.807, 2.05) is 19.9 Å². The lowest BCUT2D eigenvalue weighted by atomic mass is 10.3.